The summed E-state index contributed by atoms with van der Waals surface area (Å²) in [6.07, 6.45) is 0. The van der Waals surface area contributed by atoms with E-state index >= 15 is 0 Å². The van der Waals surface area contributed by atoms with Gasteiger partial charge in [0, 0.05) is 8.95 Å². The van der Waals surface area contributed by atoms with Crippen LogP contribution in [-0.2, 0) is 20.4 Å². The number of rotatable bonds is 6. The topological polar surface area (TPSA) is 63.2 Å². The van der Waals surface area contributed by atoms with Crippen LogP contribution in [0.1, 0.15) is 24.1 Å². The van der Waals surface area contributed by atoms with Crippen molar-refractivity contribution in [2.24, 2.45) is 0 Å². The van der Waals surface area contributed by atoms with Crippen LogP contribution < -0.4 is 5.32 Å². The molecular formula is C17H17Br2NO3S. The zero-order valence-corrected chi connectivity index (χ0v) is 17.0. The molecule has 2 rings (SSSR count). The summed E-state index contributed by atoms with van der Waals surface area (Å²) >= 11 is 6.68. The van der Waals surface area contributed by atoms with Gasteiger partial charge in [-0.15, -0.1) is 0 Å². The Bertz CT molecular complexity index is 837. The van der Waals surface area contributed by atoms with Crippen molar-refractivity contribution in [1.29, 1.82) is 0 Å². The van der Waals surface area contributed by atoms with Gasteiger partial charge in [0.25, 0.3) is 0 Å². The summed E-state index contributed by atoms with van der Waals surface area (Å²) in [6.45, 7) is 1.82. The highest BCUT2D eigenvalue weighted by molar-refractivity contribution is 9.10. The first-order valence-electron chi connectivity index (χ1n) is 7.25. The molecule has 1 amide bonds. The number of sulfone groups is 1. The van der Waals surface area contributed by atoms with Gasteiger partial charge >= 0.3 is 0 Å². The lowest BCUT2D eigenvalue weighted by atomic mass is 10.1. The fourth-order valence-electron chi connectivity index (χ4n) is 2.27. The van der Waals surface area contributed by atoms with Gasteiger partial charge in [-0.25, -0.2) is 8.42 Å². The molecule has 0 radical (unpaired) electrons. The van der Waals surface area contributed by atoms with Crippen LogP contribution in [0.3, 0.4) is 0 Å². The number of halogens is 2. The van der Waals surface area contributed by atoms with Gasteiger partial charge in [-0.05, 0) is 42.3 Å². The second-order valence-electron chi connectivity index (χ2n) is 5.51. The van der Waals surface area contributed by atoms with Crippen LogP contribution in [0.2, 0.25) is 0 Å². The summed E-state index contributed by atoms with van der Waals surface area (Å²) in [7, 11) is -3.53. The summed E-state index contributed by atoms with van der Waals surface area (Å²) < 4.78 is 26.1. The van der Waals surface area contributed by atoms with E-state index in [0.717, 1.165) is 14.5 Å². The monoisotopic (exact) mass is 473 g/mol. The molecule has 0 fully saturated rings. The smallest absolute Gasteiger partial charge is 0.235 e. The number of carbonyl (C=O) groups is 1. The van der Waals surface area contributed by atoms with Crippen molar-refractivity contribution in [2.75, 3.05) is 5.75 Å². The second-order valence-corrected chi connectivity index (χ2v) is 9.40. The average Bonchev–Trinajstić information content (AvgIpc) is 2.45. The van der Waals surface area contributed by atoms with Crippen molar-refractivity contribution in [3.05, 3.63) is 68.6 Å². The Balaban J connectivity index is 1.98. The molecule has 7 heteroatoms. The van der Waals surface area contributed by atoms with E-state index in [1.54, 1.807) is 18.2 Å². The van der Waals surface area contributed by atoms with Crippen molar-refractivity contribution < 1.29 is 13.2 Å². The maximum atomic E-state index is 12.2. The first-order valence-corrected chi connectivity index (χ1v) is 10.7. The largest absolute Gasteiger partial charge is 0.349 e. The van der Waals surface area contributed by atoms with E-state index in [-0.39, 0.29) is 11.8 Å². The van der Waals surface area contributed by atoms with Gasteiger partial charge in [-0.3, -0.25) is 4.79 Å². The zero-order chi connectivity index (χ0) is 17.7. The molecule has 0 bridgehead atoms. The van der Waals surface area contributed by atoms with E-state index in [4.69, 9.17) is 0 Å². The van der Waals surface area contributed by atoms with Crippen molar-refractivity contribution in [2.45, 2.75) is 18.7 Å². The van der Waals surface area contributed by atoms with Gasteiger partial charge in [0.05, 0.1) is 11.8 Å². The minimum Gasteiger partial charge on any atom is -0.349 e. The van der Waals surface area contributed by atoms with Gasteiger partial charge in [-0.1, -0.05) is 56.1 Å². The lowest BCUT2D eigenvalue weighted by molar-refractivity contribution is -0.119. The van der Waals surface area contributed by atoms with E-state index in [1.165, 1.54) is 0 Å². The molecule has 1 N–H and O–H groups in total. The molecule has 0 aliphatic rings. The van der Waals surface area contributed by atoms with Crippen LogP contribution in [0.4, 0.5) is 0 Å². The van der Waals surface area contributed by atoms with Crippen molar-refractivity contribution in [1.82, 2.24) is 5.32 Å². The van der Waals surface area contributed by atoms with Crippen LogP contribution in [0.25, 0.3) is 0 Å². The highest BCUT2D eigenvalue weighted by Crippen LogP contribution is 2.18. The van der Waals surface area contributed by atoms with Crippen LogP contribution >= 0.6 is 31.9 Å². The number of hydrogen-bond acceptors (Lipinski definition) is 3. The SMILES string of the molecule is CC(NC(=O)CS(=O)(=O)Cc1cccc(Br)c1)c1cccc(Br)c1. The highest BCUT2D eigenvalue weighted by Gasteiger charge is 2.19. The molecule has 0 aliphatic carbocycles. The number of nitrogens with one attached hydrogen (secondary N) is 1. The predicted molar refractivity (Wildman–Crippen MR) is 102 cm³/mol. The highest BCUT2D eigenvalue weighted by atomic mass is 79.9. The fraction of sp³-hybridized carbons (Fsp3) is 0.235. The van der Waals surface area contributed by atoms with E-state index in [1.807, 2.05) is 37.3 Å². The Morgan fingerprint density at radius 3 is 2.33 bits per heavy atom. The van der Waals surface area contributed by atoms with Gasteiger partial charge in [0.15, 0.2) is 9.84 Å². The minimum atomic E-state index is -3.53. The summed E-state index contributed by atoms with van der Waals surface area (Å²) in [6, 6.07) is 14.3. The number of amides is 1. The summed E-state index contributed by atoms with van der Waals surface area (Å²) in [5, 5.41) is 2.73. The molecule has 2 aromatic carbocycles. The molecule has 0 spiro atoms. The quantitative estimate of drug-likeness (QED) is 0.688. The van der Waals surface area contributed by atoms with E-state index in [9.17, 15) is 13.2 Å². The Labute approximate surface area is 158 Å². The standard InChI is InChI=1S/C17H17Br2NO3S/c1-12(14-5-3-7-16(19)9-14)20-17(21)11-24(22,23)10-13-4-2-6-15(18)8-13/h2-9,12H,10-11H2,1H3,(H,20,21). The van der Waals surface area contributed by atoms with Crippen molar-refractivity contribution in [3.8, 4) is 0 Å². The molecule has 0 heterocycles. The molecule has 0 aliphatic heterocycles. The molecule has 1 unspecified atom stereocenters. The van der Waals surface area contributed by atoms with Gasteiger partial charge in [-0.2, -0.15) is 0 Å². The fourth-order valence-corrected chi connectivity index (χ4v) is 4.41. The summed E-state index contributed by atoms with van der Waals surface area (Å²) in [5.41, 5.74) is 1.55. The predicted octanol–water partition coefficient (Wildman–Crippen LogP) is 4.00. The van der Waals surface area contributed by atoms with Crippen molar-refractivity contribution >= 4 is 47.6 Å². The molecule has 1 atom stereocenters. The third-order valence-corrected chi connectivity index (χ3v) is 5.81. The average molecular weight is 475 g/mol. The Morgan fingerprint density at radius 1 is 1.08 bits per heavy atom. The number of hydrogen-bond donors (Lipinski definition) is 1. The molecule has 128 valence electrons. The maximum Gasteiger partial charge on any atom is 0.235 e. The Hall–Kier alpha value is -1.18. The number of benzene rings is 2. The summed E-state index contributed by atoms with van der Waals surface area (Å²) in [4.78, 5) is 12.1. The minimum absolute atomic E-state index is 0.162. The molecule has 2 aromatic rings. The molecule has 0 saturated heterocycles. The third kappa shape index (κ3) is 6.03. The van der Waals surface area contributed by atoms with Crippen molar-refractivity contribution in [3.63, 3.8) is 0 Å². The van der Waals surface area contributed by atoms with Crippen LogP contribution in [0.5, 0.6) is 0 Å². The normalized spacial score (nSPS) is 12.6. The van der Waals surface area contributed by atoms with Gasteiger partial charge in [0.2, 0.25) is 5.91 Å². The Kier molecular flexibility index (Phi) is 6.60. The van der Waals surface area contributed by atoms with Crippen LogP contribution in [0.15, 0.2) is 57.5 Å². The second kappa shape index (κ2) is 8.27. The van der Waals surface area contributed by atoms with Crippen LogP contribution in [-0.4, -0.2) is 20.1 Å². The maximum absolute atomic E-state index is 12.2. The first kappa shape index (κ1) is 19.1. The third-order valence-electron chi connectivity index (χ3n) is 3.35. The lowest BCUT2D eigenvalue weighted by Gasteiger charge is -2.15. The molecule has 4 nitrogen and oxygen atoms in total. The molecule has 0 aromatic heterocycles. The zero-order valence-electron chi connectivity index (χ0n) is 13.0. The molecular weight excluding hydrogens is 458 g/mol. The van der Waals surface area contributed by atoms with Gasteiger partial charge in [0.1, 0.15) is 5.75 Å². The Morgan fingerprint density at radius 2 is 1.71 bits per heavy atom. The lowest BCUT2D eigenvalue weighted by Crippen LogP contribution is -2.32. The molecule has 0 saturated carbocycles. The number of carbonyl (C=O) groups excluding carboxylic acids is 1. The van der Waals surface area contributed by atoms with E-state index in [2.05, 4.69) is 37.2 Å². The van der Waals surface area contributed by atoms with E-state index < -0.39 is 21.5 Å². The van der Waals surface area contributed by atoms with Crippen LogP contribution in [0, 0.1) is 0 Å². The van der Waals surface area contributed by atoms with E-state index in [0.29, 0.717) is 5.56 Å². The first-order chi connectivity index (χ1) is 11.2. The summed E-state index contributed by atoms with van der Waals surface area (Å²) in [5.74, 6) is -1.19. The molecule has 24 heavy (non-hydrogen) atoms. The van der Waals surface area contributed by atoms with Gasteiger partial charge < -0.3 is 5.32 Å².